The molecule has 0 radical (unpaired) electrons. The van der Waals surface area contributed by atoms with Gasteiger partial charge in [0.25, 0.3) is 0 Å². The Morgan fingerprint density at radius 1 is 0.308 bits per heavy atom. The number of esters is 3. The van der Waals surface area contributed by atoms with Crippen molar-refractivity contribution >= 4 is 17.9 Å². The highest BCUT2D eigenvalue weighted by Crippen LogP contribution is 2.17. The Kier molecular flexibility index (Phi) is 52.7. The molecule has 0 aromatic rings. The Hall–Kier alpha value is -2.11. The second-order valence-corrected chi connectivity index (χ2v) is 19.6. The lowest BCUT2D eigenvalue weighted by molar-refractivity contribution is -0.167. The van der Waals surface area contributed by atoms with Gasteiger partial charge in [0.15, 0.2) is 6.10 Å². The minimum absolute atomic E-state index is 0.0656. The largest absolute Gasteiger partial charge is 0.462 e. The van der Waals surface area contributed by atoms with Crippen LogP contribution in [0.1, 0.15) is 316 Å². The molecule has 0 rings (SSSR count). The molecule has 0 saturated carbocycles. The minimum atomic E-state index is -0.761. The summed E-state index contributed by atoms with van der Waals surface area (Å²) in [7, 11) is 0. The van der Waals surface area contributed by atoms with Gasteiger partial charge in [-0.3, -0.25) is 14.4 Å². The van der Waals surface area contributed by atoms with Crippen molar-refractivity contribution in [2.24, 2.45) is 0 Å². The summed E-state index contributed by atoms with van der Waals surface area (Å²) >= 11 is 0. The van der Waals surface area contributed by atoms with Crippen LogP contribution in [0.2, 0.25) is 0 Å². The van der Waals surface area contributed by atoms with Gasteiger partial charge in [0.05, 0.1) is 0 Å². The van der Waals surface area contributed by atoms with Crippen molar-refractivity contribution in [1.82, 2.24) is 0 Å². The van der Waals surface area contributed by atoms with Crippen LogP contribution in [0.5, 0.6) is 0 Å². The molecule has 0 aliphatic heterocycles. The van der Waals surface area contributed by atoms with E-state index in [0.717, 1.165) is 64.2 Å². The molecule has 0 aromatic carbocycles. The summed E-state index contributed by atoms with van der Waals surface area (Å²) in [6.07, 6.45) is 63.7. The van der Waals surface area contributed by atoms with Crippen LogP contribution >= 0.6 is 0 Å². The fraction of sp³-hybridized carbons (Fsp3) is 0.881. The number of rotatable bonds is 53. The Bertz CT molecular complexity index is 1050. The van der Waals surface area contributed by atoms with E-state index < -0.39 is 6.10 Å². The highest BCUT2D eigenvalue weighted by molar-refractivity contribution is 5.71. The monoisotopic (exact) mass is 915 g/mol. The van der Waals surface area contributed by atoms with Gasteiger partial charge in [-0.15, -0.1) is 0 Å². The number of hydrogen-bond donors (Lipinski definition) is 0. The maximum atomic E-state index is 12.7. The van der Waals surface area contributed by atoms with Gasteiger partial charge in [0.1, 0.15) is 13.2 Å². The fourth-order valence-electron chi connectivity index (χ4n) is 8.59. The standard InChI is InChI=1S/C59H110O6/c1-4-7-10-13-16-19-20-21-22-23-24-25-26-27-28-29-30-31-32-33-34-35-36-37-38-39-40-41-44-46-49-52-58(61)64-55-56(65-59(62)53-50-47-43-18-15-12-9-6-3)54-63-57(60)51-48-45-42-17-14-11-8-5-2/h20-21,23-24,56H,4-19,22,25-55H2,1-3H3/b21-20-,24-23-. The van der Waals surface area contributed by atoms with E-state index in [2.05, 4.69) is 45.1 Å². The molecule has 0 bridgehead atoms. The summed E-state index contributed by atoms with van der Waals surface area (Å²) in [4.78, 5) is 37.7. The van der Waals surface area contributed by atoms with Crippen LogP contribution in [0.3, 0.4) is 0 Å². The van der Waals surface area contributed by atoms with Crippen LogP contribution in [-0.4, -0.2) is 37.2 Å². The van der Waals surface area contributed by atoms with E-state index >= 15 is 0 Å². The topological polar surface area (TPSA) is 78.9 Å². The van der Waals surface area contributed by atoms with Crippen molar-refractivity contribution in [1.29, 1.82) is 0 Å². The molecule has 0 saturated heterocycles. The lowest BCUT2D eigenvalue weighted by Crippen LogP contribution is -2.30. The van der Waals surface area contributed by atoms with Gasteiger partial charge in [-0.25, -0.2) is 0 Å². The molecule has 382 valence electrons. The second kappa shape index (κ2) is 54.5. The Balaban J connectivity index is 3.89. The number of carbonyl (C=O) groups excluding carboxylic acids is 3. The van der Waals surface area contributed by atoms with Crippen molar-refractivity contribution < 1.29 is 28.6 Å². The molecule has 1 atom stereocenters. The minimum Gasteiger partial charge on any atom is -0.462 e. The summed E-state index contributed by atoms with van der Waals surface area (Å²) in [5, 5.41) is 0. The average Bonchev–Trinajstić information content (AvgIpc) is 3.30. The molecule has 65 heavy (non-hydrogen) atoms. The molecule has 0 amide bonds. The summed E-state index contributed by atoms with van der Waals surface area (Å²) in [5.74, 6) is -0.860. The molecule has 0 heterocycles. The quantitative estimate of drug-likeness (QED) is 0.0262. The predicted molar refractivity (Wildman–Crippen MR) is 279 cm³/mol. The van der Waals surface area contributed by atoms with Crippen molar-refractivity contribution in [3.63, 3.8) is 0 Å². The first kappa shape index (κ1) is 62.9. The van der Waals surface area contributed by atoms with Crippen LogP contribution in [-0.2, 0) is 28.6 Å². The second-order valence-electron chi connectivity index (χ2n) is 19.6. The van der Waals surface area contributed by atoms with E-state index in [1.807, 2.05) is 0 Å². The van der Waals surface area contributed by atoms with E-state index in [1.165, 1.54) is 212 Å². The highest BCUT2D eigenvalue weighted by atomic mass is 16.6. The molecule has 0 fully saturated rings. The summed E-state index contributed by atoms with van der Waals surface area (Å²) in [6.45, 7) is 6.60. The third kappa shape index (κ3) is 52.7. The molecular weight excluding hydrogens is 805 g/mol. The zero-order valence-electron chi connectivity index (χ0n) is 43.8. The van der Waals surface area contributed by atoms with Gasteiger partial charge < -0.3 is 14.2 Å². The molecule has 0 spiro atoms. The molecule has 0 N–H and O–H groups in total. The SMILES string of the molecule is CCCCCCC/C=C\C/C=C\CCCCCCCCCCCCCCCCCCCCCC(=O)OCC(COC(=O)CCCCCCCCCC)OC(=O)CCCCCCCCCC. The number of ether oxygens (including phenoxy) is 3. The van der Waals surface area contributed by atoms with Gasteiger partial charge in [-0.05, 0) is 51.4 Å². The van der Waals surface area contributed by atoms with Gasteiger partial charge >= 0.3 is 17.9 Å². The summed E-state index contributed by atoms with van der Waals surface area (Å²) < 4.78 is 16.7. The van der Waals surface area contributed by atoms with E-state index in [4.69, 9.17) is 14.2 Å². The van der Waals surface area contributed by atoms with Crippen molar-refractivity contribution in [3.8, 4) is 0 Å². The first-order valence-corrected chi connectivity index (χ1v) is 28.8. The molecule has 6 nitrogen and oxygen atoms in total. The average molecular weight is 916 g/mol. The third-order valence-corrected chi connectivity index (χ3v) is 13.0. The van der Waals surface area contributed by atoms with Crippen LogP contribution in [0, 0.1) is 0 Å². The van der Waals surface area contributed by atoms with Crippen LogP contribution in [0.25, 0.3) is 0 Å². The lowest BCUT2D eigenvalue weighted by Gasteiger charge is -2.18. The van der Waals surface area contributed by atoms with Gasteiger partial charge in [0, 0.05) is 19.3 Å². The smallest absolute Gasteiger partial charge is 0.306 e. The first-order valence-electron chi connectivity index (χ1n) is 28.8. The molecule has 0 aromatic heterocycles. The van der Waals surface area contributed by atoms with Crippen molar-refractivity contribution in [3.05, 3.63) is 24.3 Å². The summed E-state index contributed by atoms with van der Waals surface area (Å²) in [6, 6.07) is 0. The zero-order valence-corrected chi connectivity index (χ0v) is 43.8. The Morgan fingerprint density at radius 2 is 0.554 bits per heavy atom. The number of hydrogen-bond acceptors (Lipinski definition) is 6. The predicted octanol–water partition coefficient (Wildman–Crippen LogP) is 19.1. The molecule has 0 aliphatic carbocycles. The van der Waals surface area contributed by atoms with Gasteiger partial charge in [0.2, 0.25) is 0 Å². The molecular formula is C59H110O6. The van der Waals surface area contributed by atoms with Gasteiger partial charge in [-0.2, -0.15) is 0 Å². The van der Waals surface area contributed by atoms with E-state index in [1.54, 1.807) is 0 Å². The normalized spacial score (nSPS) is 12.1. The maximum absolute atomic E-state index is 12.7. The number of unbranched alkanes of at least 4 members (excludes halogenated alkanes) is 38. The van der Waals surface area contributed by atoms with Crippen LogP contribution < -0.4 is 0 Å². The maximum Gasteiger partial charge on any atom is 0.306 e. The van der Waals surface area contributed by atoms with E-state index in [0.29, 0.717) is 19.3 Å². The zero-order chi connectivity index (χ0) is 47.2. The van der Waals surface area contributed by atoms with Crippen molar-refractivity contribution in [2.45, 2.75) is 322 Å². The number of carbonyl (C=O) groups is 3. The Labute approximate surface area is 404 Å². The van der Waals surface area contributed by atoms with Crippen molar-refractivity contribution in [2.75, 3.05) is 13.2 Å². The van der Waals surface area contributed by atoms with Crippen LogP contribution in [0.4, 0.5) is 0 Å². The van der Waals surface area contributed by atoms with Gasteiger partial charge in [-0.1, -0.05) is 270 Å². The molecule has 0 aliphatic rings. The molecule has 1 unspecified atom stereocenters. The fourth-order valence-corrected chi connectivity index (χ4v) is 8.59. The van der Waals surface area contributed by atoms with E-state index in [-0.39, 0.29) is 31.1 Å². The first-order chi connectivity index (χ1) is 32.0. The summed E-state index contributed by atoms with van der Waals surface area (Å²) in [5.41, 5.74) is 0. The molecule has 6 heteroatoms. The number of allylic oxidation sites excluding steroid dienone is 4. The van der Waals surface area contributed by atoms with E-state index in [9.17, 15) is 14.4 Å². The lowest BCUT2D eigenvalue weighted by atomic mass is 10.0. The Morgan fingerprint density at radius 3 is 0.846 bits per heavy atom. The highest BCUT2D eigenvalue weighted by Gasteiger charge is 2.19. The third-order valence-electron chi connectivity index (χ3n) is 13.0. The van der Waals surface area contributed by atoms with Crippen LogP contribution in [0.15, 0.2) is 24.3 Å².